The molecule has 0 unspecified atom stereocenters. The standard InChI is InChI=1S/C48H32N2S/c1-2-8-33(9-3-1)35-14-21-40(22-15-35)49(43-26-19-37-28-29-51-48(37)32-43)41-23-16-36(17-24-41)39-20-27-47-45(31-39)44-12-6-7-13-46(44)50(47)42-25-18-34-10-4-5-11-38(34)30-42/h1-32H. The van der Waals surface area contributed by atoms with Crippen molar-refractivity contribution < 1.29 is 0 Å². The van der Waals surface area contributed by atoms with Gasteiger partial charge in [0.05, 0.1) is 11.0 Å². The van der Waals surface area contributed by atoms with Crippen molar-refractivity contribution in [3.8, 4) is 27.9 Å². The number of benzene rings is 8. The lowest BCUT2D eigenvalue weighted by atomic mass is 10.0. The van der Waals surface area contributed by atoms with Gasteiger partial charge in [-0.1, -0.05) is 115 Å². The smallest absolute Gasteiger partial charge is 0.0541 e. The maximum atomic E-state index is 2.40. The lowest BCUT2D eigenvalue weighted by Gasteiger charge is -2.26. The van der Waals surface area contributed by atoms with E-state index in [0.717, 1.165) is 17.1 Å². The van der Waals surface area contributed by atoms with Gasteiger partial charge in [-0.15, -0.1) is 11.3 Å². The lowest BCUT2D eigenvalue weighted by molar-refractivity contribution is 1.19. The fourth-order valence-electron chi connectivity index (χ4n) is 7.51. The molecule has 0 bridgehead atoms. The van der Waals surface area contributed by atoms with E-state index in [2.05, 4.69) is 203 Å². The van der Waals surface area contributed by atoms with E-state index in [1.807, 2.05) is 0 Å². The summed E-state index contributed by atoms with van der Waals surface area (Å²) in [5, 5.41) is 8.45. The van der Waals surface area contributed by atoms with Gasteiger partial charge in [0.2, 0.25) is 0 Å². The third kappa shape index (κ3) is 5.18. The molecule has 240 valence electrons. The number of nitrogens with zero attached hydrogens (tertiary/aromatic N) is 2. The molecular formula is C48H32N2S. The average molecular weight is 669 g/mol. The third-order valence-electron chi connectivity index (χ3n) is 10.1. The topological polar surface area (TPSA) is 8.17 Å². The van der Waals surface area contributed by atoms with E-state index in [4.69, 9.17) is 0 Å². The Kier molecular flexibility index (Phi) is 7.04. The molecule has 0 N–H and O–H groups in total. The minimum Gasteiger partial charge on any atom is -0.310 e. The van der Waals surface area contributed by atoms with E-state index in [0.29, 0.717) is 0 Å². The number of para-hydroxylation sites is 1. The second-order valence-corrected chi connectivity index (χ2v) is 14.0. The van der Waals surface area contributed by atoms with E-state index in [1.54, 1.807) is 11.3 Å². The largest absolute Gasteiger partial charge is 0.310 e. The molecule has 2 aromatic heterocycles. The van der Waals surface area contributed by atoms with Crippen molar-refractivity contribution >= 4 is 71.1 Å². The first-order valence-corrected chi connectivity index (χ1v) is 18.2. The van der Waals surface area contributed by atoms with E-state index in [1.165, 1.54) is 70.6 Å². The molecule has 2 heterocycles. The highest BCUT2D eigenvalue weighted by atomic mass is 32.1. The number of rotatable bonds is 6. The van der Waals surface area contributed by atoms with Crippen LogP contribution in [0.4, 0.5) is 17.1 Å². The molecule has 0 fully saturated rings. The van der Waals surface area contributed by atoms with Gasteiger partial charge >= 0.3 is 0 Å². The van der Waals surface area contributed by atoms with Crippen molar-refractivity contribution in [2.75, 3.05) is 4.90 Å². The summed E-state index contributed by atoms with van der Waals surface area (Å²) in [5.41, 5.74) is 11.8. The lowest BCUT2D eigenvalue weighted by Crippen LogP contribution is -2.09. The molecule has 51 heavy (non-hydrogen) atoms. The number of fused-ring (bicyclic) bond motifs is 5. The first-order valence-electron chi connectivity index (χ1n) is 17.3. The first-order chi connectivity index (χ1) is 25.3. The van der Waals surface area contributed by atoms with Crippen LogP contribution in [0, 0.1) is 0 Å². The number of aromatic nitrogens is 1. The summed E-state index contributed by atoms with van der Waals surface area (Å²) in [6.07, 6.45) is 0. The number of hydrogen-bond donors (Lipinski definition) is 0. The molecule has 10 aromatic rings. The molecule has 0 saturated carbocycles. The summed E-state index contributed by atoms with van der Waals surface area (Å²) in [7, 11) is 0. The van der Waals surface area contributed by atoms with Gasteiger partial charge in [-0.05, 0) is 117 Å². The molecular weight excluding hydrogens is 637 g/mol. The van der Waals surface area contributed by atoms with Crippen LogP contribution in [-0.4, -0.2) is 4.57 Å². The molecule has 0 atom stereocenters. The van der Waals surface area contributed by atoms with Gasteiger partial charge in [0, 0.05) is 38.2 Å². The van der Waals surface area contributed by atoms with Crippen LogP contribution in [0.25, 0.3) is 70.6 Å². The Bertz CT molecular complexity index is 2840. The van der Waals surface area contributed by atoms with Crippen LogP contribution in [0.1, 0.15) is 0 Å². The third-order valence-corrected chi connectivity index (χ3v) is 10.9. The maximum Gasteiger partial charge on any atom is 0.0541 e. The van der Waals surface area contributed by atoms with Gasteiger partial charge < -0.3 is 9.47 Å². The van der Waals surface area contributed by atoms with Crippen LogP contribution in [0.5, 0.6) is 0 Å². The van der Waals surface area contributed by atoms with Gasteiger partial charge in [-0.3, -0.25) is 0 Å². The Hall–Kier alpha value is -6.42. The predicted molar refractivity (Wildman–Crippen MR) is 219 cm³/mol. The highest BCUT2D eigenvalue weighted by molar-refractivity contribution is 7.17. The molecule has 0 aliphatic heterocycles. The van der Waals surface area contributed by atoms with Crippen molar-refractivity contribution in [2.45, 2.75) is 0 Å². The quantitative estimate of drug-likeness (QED) is 0.171. The number of thiophene rings is 1. The summed E-state index contributed by atoms with van der Waals surface area (Å²) in [6.45, 7) is 0. The molecule has 10 rings (SSSR count). The summed E-state index contributed by atoms with van der Waals surface area (Å²) in [6, 6.07) is 68.4. The van der Waals surface area contributed by atoms with Crippen LogP contribution in [0.15, 0.2) is 193 Å². The normalized spacial score (nSPS) is 11.5. The summed E-state index contributed by atoms with van der Waals surface area (Å²) in [5.74, 6) is 0. The molecule has 8 aromatic carbocycles. The number of hydrogen-bond acceptors (Lipinski definition) is 2. The zero-order valence-electron chi connectivity index (χ0n) is 27.8. The number of anilines is 3. The van der Waals surface area contributed by atoms with Gasteiger partial charge in [0.1, 0.15) is 0 Å². The highest BCUT2D eigenvalue weighted by Gasteiger charge is 2.16. The first kappa shape index (κ1) is 29.5. The van der Waals surface area contributed by atoms with Crippen LogP contribution in [-0.2, 0) is 0 Å². The summed E-state index contributed by atoms with van der Waals surface area (Å²) >= 11 is 1.78. The van der Waals surface area contributed by atoms with E-state index in [9.17, 15) is 0 Å². The SMILES string of the molecule is c1ccc(-c2ccc(N(c3ccc(-c4ccc5c(c4)c4ccccc4n5-c4ccc5ccccc5c4)cc3)c3ccc4ccsc4c3)cc2)cc1. The second-order valence-electron chi connectivity index (χ2n) is 13.1. The minimum atomic E-state index is 1.12. The van der Waals surface area contributed by atoms with Gasteiger partial charge in [-0.2, -0.15) is 0 Å². The second kappa shape index (κ2) is 12.2. The van der Waals surface area contributed by atoms with E-state index >= 15 is 0 Å². The Balaban J connectivity index is 1.05. The fraction of sp³-hybridized carbons (Fsp3) is 0. The van der Waals surface area contributed by atoms with Crippen LogP contribution >= 0.6 is 11.3 Å². The monoisotopic (exact) mass is 668 g/mol. The molecule has 0 saturated heterocycles. The molecule has 2 nitrogen and oxygen atoms in total. The fourth-order valence-corrected chi connectivity index (χ4v) is 8.33. The Morgan fingerprint density at radius 2 is 0.980 bits per heavy atom. The van der Waals surface area contributed by atoms with E-state index < -0.39 is 0 Å². The predicted octanol–water partition coefficient (Wildman–Crippen LogP) is 14.0. The van der Waals surface area contributed by atoms with Crippen molar-refractivity contribution in [3.05, 3.63) is 193 Å². The molecule has 0 aliphatic rings. The molecule has 0 aliphatic carbocycles. The van der Waals surface area contributed by atoms with Crippen molar-refractivity contribution in [3.63, 3.8) is 0 Å². The summed E-state index contributed by atoms with van der Waals surface area (Å²) in [4.78, 5) is 2.36. The maximum absolute atomic E-state index is 2.40. The minimum absolute atomic E-state index is 1.12. The van der Waals surface area contributed by atoms with Crippen LogP contribution in [0.2, 0.25) is 0 Å². The Labute approximate surface area is 300 Å². The van der Waals surface area contributed by atoms with Gasteiger partial charge in [-0.25, -0.2) is 0 Å². The van der Waals surface area contributed by atoms with Crippen molar-refractivity contribution in [1.82, 2.24) is 4.57 Å². The zero-order valence-corrected chi connectivity index (χ0v) is 28.6. The van der Waals surface area contributed by atoms with Gasteiger partial charge in [0.15, 0.2) is 0 Å². The van der Waals surface area contributed by atoms with Gasteiger partial charge in [0.25, 0.3) is 0 Å². The van der Waals surface area contributed by atoms with Crippen molar-refractivity contribution in [1.29, 1.82) is 0 Å². The zero-order chi connectivity index (χ0) is 33.7. The molecule has 0 amide bonds. The van der Waals surface area contributed by atoms with Crippen molar-refractivity contribution in [2.24, 2.45) is 0 Å². The summed E-state index contributed by atoms with van der Waals surface area (Å²) < 4.78 is 3.68. The molecule has 0 spiro atoms. The van der Waals surface area contributed by atoms with Crippen LogP contribution in [0.3, 0.4) is 0 Å². The Morgan fingerprint density at radius 1 is 0.373 bits per heavy atom. The molecule has 0 radical (unpaired) electrons. The average Bonchev–Trinajstić information content (AvgIpc) is 3.81. The van der Waals surface area contributed by atoms with Crippen LogP contribution < -0.4 is 4.90 Å². The highest BCUT2D eigenvalue weighted by Crippen LogP contribution is 2.40. The Morgan fingerprint density at radius 3 is 1.78 bits per heavy atom. The molecule has 3 heteroatoms. The van der Waals surface area contributed by atoms with E-state index in [-0.39, 0.29) is 0 Å².